The molecular weight excluding hydrogens is 460 g/mol. The summed E-state index contributed by atoms with van der Waals surface area (Å²) in [5.41, 5.74) is 1.54. The van der Waals surface area contributed by atoms with Gasteiger partial charge in [-0.2, -0.15) is 0 Å². The number of hydrogen-bond donors (Lipinski definition) is 1. The van der Waals surface area contributed by atoms with Gasteiger partial charge in [0.2, 0.25) is 0 Å². The van der Waals surface area contributed by atoms with Gasteiger partial charge in [-0.1, -0.05) is 34.5 Å². The number of halogens is 1. The van der Waals surface area contributed by atoms with Gasteiger partial charge in [0.05, 0.1) is 13.7 Å². The highest BCUT2D eigenvalue weighted by Crippen LogP contribution is 2.29. The van der Waals surface area contributed by atoms with Gasteiger partial charge in [-0.05, 0) is 48.7 Å². The molecule has 0 radical (unpaired) electrons. The Hall–Kier alpha value is -2.87. The molecule has 0 saturated heterocycles. The normalized spacial score (nSPS) is 13.2. The predicted octanol–water partition coefficient (Wildman–Crippen LogP) is 4.28. The van der Waals surface area contributed by atoms with Crippen LogP contribution in [0, 0.1) is 0 Å². The van der Waals surface area contributed by atoms with Crippen LogP contribution >= 0.6 is 15.9 Å². The molecule has 1 aliphatic rings. The van der Waals surface area contributed by atoms with Crippen molar-refractivity contribution in [2.45, 2.75) is 45.4 Å². The standard InChI is InChI=1S/C23H25BrN4O3/c1-30-20-13-17(8-11-19(20)31-15-16-6-9-18(24)10-7-16)23(29)25-14-22-27-26-21-5-3-2-4-12-28(21)22/h6-11,13H,2-5,12,14-15H2,1H3,(H,25,29). The first-order chi connectivity index (χ1) is 15.1. The molecule has 0 unspecified atom stereocenters. The Morgan fingerprint density at radius 3 is 2.74 bits per heavy atom. The molecule has 3 aromatic rings. The monoisotopic (exact) mass is 484 g/mol. The van der Waals surface area contributed by atoms with E-state index in [0.29, 0.717) is 30.2 Å². The van der Waals surface area contributed by atoms with E-state index in [1.807, 2.05) is 24.3 Å². The zero-order chi connectivity index (χ0) is 21.6. The molecule has 7 nitrogen and oxygen atoms in total. The van der Waals surface area contributed by atoms with E-state index >= 15 is 0 Å². The summed E-state index contributed by atoms with van der Waals surface area (Å²) in [6, 6.07) is 13.1. The number of ether oxygens (including phenoxy) is 2. The zero-order valence-electron chi connectivity index (χ0n) is 17.4. The van der Waals surface area contributed by atoms with E-state index in [4.69, 9.17) is 9.47 Å². The quantitative estimate of drug-likeness (QED) is 0.541. The fourth-order valence-electron chi connectivity index (χ4n) is 3.61. The number of nitrogens with zero attached hydrogens (tertiary/aromatic N) is 3. The van der Waals surface area contributed by atoms with E-state index in [-0.39, 0.29) is 5.91 Å². The first-order valence-electron chi connectivity index (χ1n) is 10.4. The number of fused-ring (bicyclic) bond motifs is 1. The van der Waals surface area contributed by atoms with E-state index in [9.17, 15) is 4.79 Å². The Bertz CT molecular complexity index is 1050. The molecule has 2 heterocycles. The maximum Gasteiger partial charge on any atom is 0.251 e. The molecule has 1 N–H and O–H groups in total. The van der Waals surface area contributed by atoms with Gasteiger partial charge in [-0.15, -0.1) is 10.2 Å². The average Bonchev–Trinajstić information content (AvgIpc) is 3.02. The minimum Gasteiger partial charge on any atom is -0.493 e. The van der Waals surface area contributed by atoms with Crippen LogP contribution in [0.1, 0.15) is 46.8 Å². The number of aryl methyl sites for hydroxylation is 1. The molecule has 31 heavy (non-hydrogen) atoms. The second kappa shape index (κ2) is 9.96. The van der Waals surface area contributed by atoms with Crippen molar-refractivity contribution < 1.29 is 14.3 Å². The maximum atomic E-state index is 12.7. The summed E-state index contributed by atoms with van der Waals surface area (Å²) in [5, 5.41) is 11.5. The summed E-state index contributed by atoms with van der Waals surface area (Å²) in [4.78, 5) is 12.7. The summed E-state index contributed by atoms with van der Waals surface area (Å²) in [7, 11) is 1.56. The first-order valence-corrected chi connectivity index (χ1v) is 11.2. The van der Waals surface area contributed by atoms with E-state index in [0.717, 1.165) is 47.5 Å². The molecule has 4 rings (SSSR count). The molecule has 0 bridgehead atoms. The predicted molar refractivity (Wildman–Crippen MR) is 120 cm³/mol. The van der Waals surface area contributed by atoms with Gasteiger partial charge in [0.25, 0.3) is 5.91 Å². The maximum absolute atomic E-state index is 12.7. The van der Waals surface area contributed by atoms with Gasteiger partial charge < -0.3 is 19.4 Å². The number of carbonyl (C=O) groups is 1. The topological polar surface area (TPSA) is 78.3 Å². The van der Waals surface area contributed by atoms with Crippen LogP contribution in [0.15, 0.2) is 46.9 Å². The molecule has 0 fully saturated rings. The molecule has 162 valence electrons. The van der Waals surface area contributed by atoms with Crippen molar-refractivity contribution in [2.24, 2.45) is 0 Å². The molecular formula is C23H25BrN4O3. The molecule has 1 amide bonds. The summed E-state index contributed by atoms with van der Waals surface area (Å²) >= 11 is 3.43. The van der Waals surface area contributed by atoms with Crippen LogP contribution in [0.3, 0.4) is 0 Å². The highest BCUT2D eigenvalue weighted by atomic mass is 79.9. The summed E-state index contributed by atoms with van der Waals surface area (Å²) < 4.78 is 14.5. The number of benzene rings is 2. The molecule has 0 aliphatic carbocycles. The molecule has 8 heteroatoms. The van der Waals surface area contributed by atoms with Crippen molar-refractivity contribution in [1.29, 1.82) is 0 Å². The summed E-state index contributed by atoms with van der Waals surface area (Å²) in [6.45, 7) is 1.66. The average molecular weight is 485 g/mol. The number of nitrogens with one attached hydrogen (secondary N) is 1. The number of methoxy groups -OCH3 is 1. The number of carbonyl (C=O) groups excluding carboxylic acids is 1. The fraction of sp³-hybridized carbons (Fsp3) is 0.348. The number of hydrogen-bond acceptors (Lipinski definition) is 5. The summed E-state index contributed by atoms with van der Waals surface area (Å²) in [6.07, 6.45) is 4.40. The van der Waals surface area contributed by atoms with Crippen LogP contribution in [0.4, 0.5) is 0 Å². The number of rotatable bonds is 7. The van der Waals surface area contributed by atoms with Gasteiger partial charge in [-0.3, -0.25) is 4.79 Å². The lowest BCUT2D eigenvalue weighted by Crippen LogP contribution is -2.25. The van der Waals surface area contributed by atoms with Crippen LogP contribution in [-0.4, -0.2) is 27.8 Å². The van der Waals surface area contributed by atoms with Gasteiger partial charge in [0.15, 0.2) is 17.3 Å². The van der Waals surface area contributed by atoms with Gasteiger partial charge in [0.1, 0.15) is 12.4 Å². The Labute approximate surface area is 189 Å². The fourth-order valence-corrected chi connectivity index (χ4v) is 3.87. The van der Waals surface area contributed by atoms with Crippen LogP contribution in [0.2, 0.25) is 0 Å². The third kappa shape index (κ3) is 5.25. The second-order valence-corrected chi connectivity index (χ2v) is 8.37. The zero-order valence-corrected chi connectivity index (χ0v) is 19.0. The van der Waals surface area contributed by atoms with Crippen molar-refractivity contribution in [1.82, 2.24) is 20.1 Å². The Balaban J connectivity index is 1.39. The first kappa shape index (κ1) is 21.4. The largest absolute Gasteiger partial charge is 0.493 e. The minimum absolute atomic E-state index is 0.191. The van der Waals surface area contributed by atoms with E-state index in [2.05, 4.69) is 36.0 Å². The van der Waals surface area contributed by atoms with E-state index in [1.165, 1.54) is 6.42 Å². The van der Waals surface area contributed by atoms with Crippen molar-refractivity contribution in [2.75, 3.05) is 7.11 Å². The highest BCUT2D eigenvalue weighted by molar-refractivity contribution is 9.10. The Morgan fingerprint density at radius 1 is 1.10 bits per heavy atom. The van der Waals surface area contributed by atoms with Gasteiger partial charge >= 0.3 is 0 Å². The Kier molecular flexibility index (Phi) is 6.86. The lowest BCUT2D eigenvalue weighted by molar-refractivity contribution is 0.0949. The molecule has 0 saturated carbocycles. The van der Waals surface area contributed by atoms with Crippen molar-refractivity contribution in [3.63, 3.8) is 0 Å². The molecule has 1 aromatic heterocycles. The van der Waals surface area contributed by atoms with Crippen LogP contribution in [0.5, 0.6) is 11.5 Å². The molecule has 0 spiro atoms. The van der Waals surface area contributed by atoms with Crippen LogP contribution in [-0.2, 0) is 26.1 Å². The van der Waals surface area contributed by atoms with Crippen molar-refractivity contribution in [3.8, 4) is 11.5 Å². The smallest absolute Gasteiger partial charge is 0.251 e. The second-order valence-electron chi connectivity index (χ2n) is 7.46. The van der Waals surface area contributed by atoms with Gasteiger partial charge in [0, 0.05) is 23.0 Å². The Morgan fingerprint density at radius 2 is 1.94 bits per heavy atom. The van der Waals surface area contributed by atoms with Crippen LogP contribution in [0.25, 0.3) is 0 Å². The van der Waals surface area contributed by atoms with E-state index < -0.39 is 0 Å². The SMILES string of the molecule is COc1cc(C(=O)NCc2nnc3n2CCCCC3)ccc1OCc1ccc(Br)cc1. The highest BCUT2D eigenvalue weighted by Gasteiger charge is 2.16. The van der Waals surface area contributed by atoms with Crippen molar-refractivity contribution in [3.05, 3.63) is 69.7 Å². The van der Waals surface area contributed by atoms with E-state index in [1.54, 1.807) is 25.3 Å². The molecule has 2 aromatic carbocycles. The van der Waals surface area contributed by atoms with Crippen LogP contribution < -0.4 is 14.8 Å². The van der Waals surface area contributed by atoms with Gasteiger partial charge in [-0.25, -0.2) is 0 Å². The third-order valence-electron chi connectivity index (χ3n) is 5.33. The number of aromatic nitrogens is 3. The minimum atomic E-state index is -0.191. The lowest BCUT2D eigenvalue weighted by Gasteiger charge is -2.13. The number of amides is 1. The van der Waals surface area contributed by atoms with Crippen molar-refractivity contribution >= 4 is 21.8 Å². The molecule has 1 aliphatic heterocycles. The lowest BCUT2D eigenvalue weighted by atomic mass is 10.2. The summed E-state index contributed by atoms with van der Waals surface area (Å²) in [5.74, 6) is 2.72. The molecule has 0 atom stereocenters. The third-order valence-corrected chi connectivity index (χ3v) is 5.86.